The van der Waals surface area contributed by atoms with E-state index < -0.39 is 0 Å². The number of benzene rings is 2. The van der Waals surface area contributed by atoms with Gasteiger partial charge < -0.3 is 16.0 Å². The van der Waals surface area contributed by atoms with Gasteiger partial charge in [-0.1, -0.05) is 53.6 Å². The Morgan fingerprint density at radius 2 is 1.65 bits per heavy atom. The Morgan fingerprint density at radius 1 is 1.00 bits per heavy atom. The topological polar surface area (TPSA) is 65.5 Å². The zero-order valence-corrected chi connectivity index (χ0v) is 18.0. The lowest BCUT2D eigenvalue weighted by Gasteiger charge is -2.13. The summed E-state index contributed by atoms with van der Waals surface area (Å²) in [6.45, 7) is 3.78. The predicted octanol–water partition coefficient (Wildman–Crippen LogP) is 3.36. The summed E-state index contributed by atoms with van der Waals surface area (Å²) in [6, 6.07) is 15.3. The smallest absolute Gasteiger partial charge is 0.252 e. The van der Waals surface area contributed by atoms with Crippen molar-refractivity contribution in [2.24, 2.45) is 4.99 Å². The van der Waals surface area contributed by atoms with E-state index in [2.05, 4.69) is 52.1 Å². The Labute approximate surface area is 176 Å². The van der Waals surface area contributed by atoms with Crippen molar-refractivity contribution < 1.29 is 4.79 Å². The van der Waals surface area contributed by atoms with Crippen molar-refractivity contribution in [2.45, 2.75) is 13.5 Å². The highest BCUT2D eigenvalue weighted by Crippen LogP contribution is 2.14. The van der Waals surface area contributed by atoms with Gasteiger partial charge in [-0.25, -0.2) is 0 Å². The number of aliphatic imine (C=N–C) groups is 1. The number of halogens is 2. The second-order valence-electron chi connectivity index (χ2n) is 5.57. The molecular formula is C19H24ClIN4O. The molecule has 0 fully saturated rings. The molecule has 0 heterocycles. The minimum Gasteiger partial charge on any atom is -0.355 e. The molecular weight excluding hydrogens is 463 g/mol. The molecule has 140 valence electrons. The van der Waals surface area contributed by atoms with Crippen LogP contribution in [0.25, 0.3) is 0 Å². The number of nitrogens with one attached hydrogen (secondary N) is 3. The van der Waals surface area contributed by atoms with Gasteiger partial charge in [-0.3, -0.25) is 9.79 Å². The average molecular weight is 487 g/mol. The number of carbonyl (C=O) groups is 1. The summed E-state index contributed by atoms with van der Waals surface area (Å²) < 4.78 is 0. The van der Waals surface area contributed by atoms with E-state index in [4.69, 9.17) is 11.6 Å². The first-order chi connectivity index (χ1) is 12.1. The van der Waals surface area contributed by atoms with Crippen molar-refractivity contribution in [3.05, 3.63) is 70.2 Å². The molecule has 26 heavy (non-hydrogen) atoms. The molecule has 0 aliphatic heterocycles. The van der Waals surface area contributed by atoms with Gasteiger partial charge in [0.1, 0.15) is 0 Å². The number of aryl methyl sites for hydroxylation is 1. The molecule has 0 aliphatic carbocycles. The van der Waals surface area contributed by atoms with E-state index in [-0.39, 0.29) is 29.9 Å². The van der Waals surface area contributed by atoms with Crippen molar-refractivity contribution >= 4 is 47.4 Å². The second-order valence-corrected chi connectivity index (χ2v) is 5.98. The summed E-state index contributed by atoms with van der Waals surface area (Å²) in [5.41, 5.74) is 2.90. The molecule has 0 radical (unpaired) electrons. The summed E-state index contributed by atoms with van der Waals surface area (Å²) in [5, 5.41) is 9.68. The number of rotatable bonds is 6. The van der Waals surface area contributed by atoms with Crippen molar-refractivity contribution in [3.63, 3.8) is 0 Å². The minimum absolute atomic E-state index is 0. The van der Waals surface area contributed by atoms with Gasteiger partial charge in [0.15, 0.2) is 5.96 Å². The summed E-state index contributed by atoms with van der Waals surface area (Å²) in [4.78, 5) is 16.2. The summed E-state index contributed by atoms with van der Waals surface area (Å²) in [5.74, 6) is 0.502. The van der Waals surface area contributed by atoms with Crippen LogP contribution in [0.4, 0.5) is 0 Å². The molecule has 1 amide bonds. The lowest BCUT2D eigenvalue weighted by atomic mass is 10.1. The van der Waals surface area contributed by atoms with Gasteiger partial charge in [0.25, 0.3) is 5.91 Å². The molecule has 2 rings (SSSR count). The first-order valence-electron chi connectivity index (χ1n) is 8.13. The molecule has 0 atom stereocenters. The Balaban J connectivity index is 0.00000338. The summed E-state index contributed by atoms with van der Waals surface area (Å²) >= 11 is 6.01. The molecule has 0 saturated heterocycles. The Hall–Kier alpha value is -1.80. The number of nitrogens with zero attached hydrogens (tertiary/aromatic N) is 1. The first-order valence-corrected chi connectivity index (χ1v) is 8.50. The van der Waals surface area contributed by atoms with Gasteiger partial charge in [-0.2, -0.15) is 0 Å². The van der Waals surface area contributed by atoms with Gasteiger partial charge in [0, 0.05) is 26.7 Å². The molecule has 0 unspecified atom stereocenters. The molecule has 0 saturated carbocycles. The van der Waals surface area contributed by atoms with Gasteiger partial charge in [-0.05, 0) is 24.6 Å². The molecule has 0 aromatic heterocycles. The standard InChI is InChI=1S/C19H23ClN4O.HI/c1-14-7-9-15(10-8-14)13-24-19(21-2)23-12-11-22-18(25)16-5-3-4-6-17(16)20;/h3-10H,11-13H2,1-2H3,(H,22,25)(H2,21,23,24);1H. The van der Waals surface area contributed by atoms with Crippen molar-refractivity contribution in [1.82, 2.24) is 16.0 Å². The lowest BCUT2D eigenvalue weighted by molar-refractivity contribution is 0.0954. The van der Waals surface area contributed by atoms with Gasteiger partial charge in [0.05, 0.1) is 10.6 Å². The van der Waals surface area contributed by atoms with Crippen LogP contribution in [0.5, 0.6) is 0 Å². The van der Waals surface area contributed by atoms with Crippen molar-refractivity contribution in [1.29, 1.82) is 0 Å². The van der Waals surface area contributed by atoms with Crippen LogP contribution in [0.2, 0.25) is 5.02 Å². The van der Waals surface area contributed by atoms with E-state index in [1.165, 1.54) is 11.1 Å². The highest BCUT2D eigenvalue weighted by atomic mass is 127. The fourth-order valence-electron chi connectivity index (χ4n) is 2.21. The highest BCUT2D eigenvalue weighted by Gasteiger charge is 2.08. The zero-order valence-electron chi connectivity index (χ0n) is 14.9. The zero-order chi connectivity index (χ0) is 18.1. The highest BCUT2D eigenvalue weighted by molar-refractivity contribution is 14.0. The molecule has 2 aromatic carbocycles. The fraction of sp³-hybridized carbons (Fsp3) is 0.263. The number of carbonyl (C=O) groups excluding carboxylic acids is 1. The molecule has 0 bridgehead atoms. The number of guanidine groups is 1. The summed E-state index contributed by atoms with van der Waals surface area (Å²) in [6.07, 6.45) is 0. The first kappa shape index (κ1) is 22.2. The van der Waals surface area contributed by atoms with Crippen LogP contribution < -0.4 is 16.0 Å². The Kier molecular flexibility index (Phi) is 10.0. The van der Waals surface area contributed by atoms with E-state index in [0.29, 0.717) is 36.2 Å². The summed E-state index contributed by atoms with van der Waals surface area (Å²) in [7, 11) is 1.72. The van der Waals surface area contributed by atoms with E-state index >= 15 is 0 Å². The third-order valence-corrected chi connectivity index (χ3v) is 3.96. The van der Waals surface area contributed by atoms with Gasteiger partial charge >= 0.3 is 0 Å². The lowest BCUT2D eigenvalue weighted by Crippen LogP contribution is -2.41. The molecule has 2 aromatic rings. The maximum absolute atomic E-state index is 12.0. The van der Waals surface area contributed by atoms with Crippen LogP contribution in [-0.2, 0) is 6.54 Å². The van der Waals surface area contributed by atoms with E-state index in [0.717, 1.165) is 0 Å². The quantitative estimate of drug-likeness (QED) is 0.254. The SMILES string of the molecule is CN=C(NCCNC(=O)c1ccccc1Cl)NCc1ccc(C)cc1.I. The van der Waals surface area contributed by atoms with E-state index in [9.17, 15) is 4.79 Å². The van der Waals surface area contributed by atoms with Crippen LogP contribution in [0.1, 0.15) is 21.5 Å². The molecule has 0 aliphatic rings. The normalized spacial score (nSPS) is 10.7. The van der Waals surface area contributed by atoms with Crippen molar-refractivity contribution in [3.8, 4) is 0 Å². The van der Waals surface area contributed by atoms with Gasteiger partial charge in [-0.15, -0.1) is 24.0 Å². The second kappa shape index (κ2) is 11.7. The third kappa shape index (κ3) is 7.21. The van der Waals surface area contributed by atoms with Crippen LogP contribution >= 0.6 is 35.6 Å². The van der Waals surface area contributed by atoms with E-state index in [1.807, 2.05) is 0 Å². The Morgan fingerprint density at radius 3 is 2.31 bits per heavy atom. The molecule has 0 spiro atoms. The Bertz CT molecular complexity index is 735. The molecule has 5 nitrogen and oxygen atoms in total. The number of hydrogen-bond acceptors (Lipinski definition) is 2. The van der Waals surface area contributed by atoms with Crippen molar-refractivity contribution in [2.75, 3.05) is 20.1 Å². The monoisotopic (exact) mass is 486 g/mol. The largest absolute Gasteiger partial charge is 0.355 e. The number of hydrogen-bond donors (Lipinski definition) is 3. The average Bonchev–Trinajstić information content (AvgIpc) is 2.62. The third-order valence-electron chi connectivity index (χ3n) is 3.63. The number of amides is 1. The van der Waals surface area contributed by atoms with Gasteiger partial charge in [0.2, 0.25) is 0 Å². The van der Waals surface area contributed by atoms with E-state index in [1.54, 1.807) is 31.3 Å². The van der Waals surface area contributed by atoms with Crippen LogP contribution in [-0.4, -0.2) is 32.0 Å². The maximum Gasteiger partial charge on any atom is 0.252 e. The predicted molar refractivity (Wildman–Crippen MR) is 119 cm³/mol. The van der Waals surface area contributed by atoms with Crippen LogP contribution in [0.15, 0.2) is 53.5 Å². The molecule has 3 N–H and O–H groups in total. The minimum atomic E-state index is -0.185. The van der Waals surface area contributed by atoms with Crippen LogP contribution in [0.3, 0.4) is 0 Å². The maximum atomic E-state index is 12.0. The fourth-order valence-corrected chi connectivity index (χ4v) is 2.43. The van der Waals surface area contributed by atoms with Crippen LogP contribution in [0, 0.1) is 6.92 Å². The molecule has 7 heteroatoms.